The van der Waals surface area contributed by atoms with Crippen LogP contribution in [-0.4, -0.2) is 20.0 Å². The van der Waals surface area contributed by atoms with Crippen molar-refractivity contribution < 1.29 is 17.5 Å². The lowest BCUT2D eigenvalue weighted by molar-refractivity contribution is -0.111. The van der Waals surface area contributed by atoms with E-state index in [1.54, 1.807) is 6.07 Å². The first-order chi connectivity index (χ1) is 7.97. The third kappa shape index (κ3) is 3.29. The van der Waals surface area contributed by atoms with Gasteiger partial charge in [-0.05, 0) is 17.3 Å². The predicted octanol–water partition coefficient (Wildman–Crippen LogP) is -0.243. The lowest BCUT2D eigenvalue weighted by Gasteiger charge is -2.00. The summed E-state index contributed by atoms with van der Waals surface area (Å²) in [5, 5.41) is 11.3. The average Bonchev–Trinajstić information content (AvgIpc) is 2.30. The zero-order chi connectivity index (χ0) is 12.9. The van der Waals surface area contributed by atoms with Crippen LogP contribution in [0.5, 0.6) is 0 Å². The van der Waals surface area contributed by atoms with Gasteiger partial charge in [0.2, 0.25) is 5.71 Å². The van der Waals surface area contributed by atoms with E-state index in [1.807, 2.05) is 0 Å². The second-order valence-corrected chi connectivity index (χ2v) is 4.29. The summed E-state index contributed by atoms with van der Waals surface area (Å²) in [4.78, 5) is 10.4. The topological polar surface area (TPSA) is 123 Å². The number of carbonyl (C=O) groups excluding carboxylic acids is 1. The smallest absolute Gasteiger partial charge is 0.358 e. The molecule has 0 aliphatic carbocycles. The van der Waals surface area contributed by atoms with Crippen molar-refractivity contribution in [2.75, 3.05) is 0 Å². The van der Waals surface area contributed by atoms with E-state index in [-0.39, 0.29) is 4.90 Å². The Balaban J connectivity index is 2.98. The minimum absolute atomic E-state index is 0.148. The molecule has 0 radical (unpaired) electrons. The number of hydrogen-bond donors (Lipinski definition) is 1. The minimum atomic E-state index is -4.15. The van der Waals surface area contributed by atoms with E-state index in [9.17, 15) is 13.2 Å². The van der Waals surface area contributed by atoms with E-state index < -0.39 is 21.7 Å². The van der Waals surface area contributed by atoms with Crippen molar-refractivity contribution in [3.05, 3.63) is 30.3 Å². The van der Waals surface area contributed by atoms with E-state index >= 15 is 0 Å². The van der Waals surface area contributed by atoms with Crippen LogP contribution >= 0.6 is 0 Å². The SMILES string of the molecule is N#CC(=NOS(=O)(=O)c1ccccc1)C(N)=O. The number of amides is 1. The summed E-state index contributed by atoms with van der Waals surface area (Å²) in [6.45, 7) is 0. The number of carbonyl (C=O) groups is 1. The molecular formula is C9H7N3O4S. The molecule has 0 unspecified atom stereocenters. The Kier molecular flexibility index (Phi) is 3.79. The molecule has 17 heavy (non-hydrogen) atoms. The molecule has 1 aromatic carbocycles. The summed E-state index contributed by atoms with van der Waals surface area (Å²) < 4.78 is 27.1. The number of nitrogens with two attached hydrogens (primary N) is 1. The van der Waals surface area contributed by atoms with E-state index in [2.05, 4.69) is 9.44 Å². The van der Waals surface area contributed by atoms with Crippen molar-refractivity contribution in [1.82, 2.24) is 0 Å². The first-order valence-corrected chi connectivity index (χ1v) is 5.65. The Hall–Kier alpha value is -2.40. The predicted molar refractivity (Wildman–Crippen MR) is 57.0 cm³/mol. The maximum absolute atomic E-state index is 11.5. The van der Waals surface area contributed by atoms with E-state index in [0.29, 0.717) is 0 Å². The highest BCUT2D eigenvalue weighted by Gasteiger charge is 2.16. The molecule has 88 valence electrons. The summed E-state index contributed by atoms with van der Waals surface area (Å²) in [6.07, 6.45) is 0. The highest BCUT2D eigenvalue weighted by Crippen LogP contribution is 2.11. The summed E-state index contributed by atoms with van der Waals surface area (Å²) in [5.74, 6) is -1.17. The standard InChI is InChI=1S/C9H7N3O4S/c10-6-8(9(11)13)12-16-17(14,15)7-4-2-1-3-5-7/h1-5H,(H2,11,13). The Labute approximate surface area is 97.2 Å². The normalized spacial score (nSPS) is 11.6. The van der Waals surface area contributed by atoms with Gasteiger partial charge in [-0.25, -0.2) is 0 Å². The second kappa shape index (κ2) is 5.09. The van der Waals surface area contributed by atoms with Gasteiger partial charge in [-0.1, -0.05) is 18.2 Å². The fraction of sp³-hybridized carbons (Fsp3) is 0. The van der Waals surface area contributed by atoms with Gasteiger partial charge in [-0.2, -0.15) is 13.7 Å². The fourth-order valence-electron chi connectivity index (χ4n) is 0.837. The van der Waals surface area contributed by atoms with Gasteiger partial charge in [0, 0.05) is 0 Å². The largest absolute Gasteiger partial charge is 0.364 e. The summed E-state index contributed by atoms with van der Waals surface area (Å²) >= 11 is 0. The maximum Gasteiger partial charge on any atom is 0.358 e. The van der Waals surface area contributed by atoms with Crippen LogP contribution in [0.2, 0.25) is 0 Å². The van der Waals surface area contributed by atoms with Gasteiger partial charge in [-0.3, -0.25) is 9.08 Å². The van der Waals surface area contributed by atoms with Gasteiger partial charge >= 0.3 is 10.1 Å². The van der Waals surface area contributed by atoms with Gasteiger partial charge < -0.3 is 5.73 Å². The molecule has 7 nitrogen and oxygen atoms in total. The molecule has 0 spiro atoms. The number of primary amides is 1. The summed E-state index contributed by atoms with van der Waals surface area (Å²) in [6, 6.07) is 8.46. The molecule has 0 saturated heterocycles. The van der Waals surface area contributed by atoms with Crippen LogP contribution in [0.1, 0.15) is 0 Å². The zero-order valence-electron chi connectivity index (χ0n) is 8.40. The number of rotatable bonds is 4. The molecule has 1 aromatic rings. The van der Waals surface area contributed by atoms with Gasteiger partial charge in [0.05, 0.1) is 0 Å². The van der Waals surface area contributed by atoms with Crippen molar-refractivity contribution >= 4 is 21.7 Å². The van der Waals surface area contributed by atoms with Gasteiger partial charge in [-0.15, -0.1) is 0 Å². The second-order valence-electron chi connectivity index (χ2n) is 2.76. The van der Waals surface area contributed by atoms with Crippen LogP contribution in [0.15, 0.2) is 40.4 Å². The lowest BCUT2D eigenvalue weighted by atomic mass is 10.4. The molecule has 0 fully saturated rings. The number of nitrogens with zero attached hydrogens (tertiary/aromatic N) is 2. The third-order valence-electron chi connectivity index (χ3n) is 1.60. The van der Waals surface area contributed by atoms with E-state index in [0.717, 1.165) is 0 Å². The Morgan fingerprint density at radius 3 is 2.41 bits per heavy atom. The molecule has 0 atom stereocenters. The highest BCUT2D eigenvalue weighted by atomic mass is 32.2. The molecule has 0 aliphatic heterocycles. The number of hydrogen-bond acceptors (Lipinski definition) is 6. The van der Waals surface area contributed by atoms with Crippen molar-refractivity contribution in [3.8, 4) is 6.07 Å². The molecule has 2 N–H and O–H groups in total. The molecule has 0 bridgehead atoms. The Morgan fingerprint density at radius 2 is 1.94 bits per heavy atom. The number of oxime groups is 1. The highest BCUT2D eigenvalue weighted by molar-refractivity contribution is 7.86. The monoisotopic (exact) mass is 253 g/mol. The van der Waals surface area contributed by atoms with Crippen LogP contribution in [-0.2, 0) is 19.2 Å². The van der Waals surface area contributed by atoms with E-state index in [4.69, 9.17) is 11.0 Å². The fourth-order valence-corrected chi connectivity index (χ4v) is 1.59. The molecule has 0 heterocycles. The quantitative estimate of drug-likeness (QED) is 0.585. The average molecular weight is 253 g/mol. The maximum atomic E-state index is 11.5. The molecule has 1 rings (SSSR count). The Morgan fingerprint density at radius 1 is 1.35 bits per heavy atom. The summed E-state index contributed by atoms with van der Waals surface area (Å²) in [5.41, 5.74) is 3.92. The van der Waals surface area contributed by atoms with Crippen LogP contribution < -0.4 is 5.73 Å². The summed E-state index contributed by atoms with van der Waals surface area (Å²) in [7, 11) is -4.15. The van der Waals surface area contributed by atoms with Crippen LogP contribution in [0.25, 0.3) is 0 Å². The van der Waals surface area contributed by atoms with Gasteiger partial charge in [0.25, 0.3) is 5.91 Å². The Bertz CT molecular complexity index is 586. The van der Waals surface area contributed by atoms with Crippen molar-refractivity contribution in [3.63, 3.8) is 0 Å². The molecule has 0 aromatic heterocycles. The molecule has 0 aliphatic rings. The van der Waals surface area contributed by atoms with Crippen LogP contribution in [0.4, 0.5) is 0 Å². The van der Waals surface area contributed by atoms with Crippen molar-refractivity contribution in [2.24, 2.45) is 10.9 Å². The number of benzene rings is 1. The number of nitriles is 1. The first-order valence-electron chi connectivity index (χ1n) is 4.24. The lowest BCUT2D eigenvalue weighted by Crippen LogP contribution is -2.22. The van der Waals surface area contributed by atoms with Crippen LogP contribution in [0, 0.1) is 11.3 Å². The van der Waals surface area contributed by atoms with Crippen LogP contribution in [0.3, 0.4) is 0 Å². The molecular weight excluding hydrogens is 246 g/mol. The van der Waals surface area contributed by atoms with Crippen molar-refractivity contribution in [1.29, 1.82) is 5.26 Å². The van der Waals surface area contributed by atoms with E-state index in [1.165, 1.54) is 30.3 Å². The third-order valence-corrected chi connectivity index (χ3v) is 2.72. The van der Waals surface area contributed by atoms with Gasteiger partial charge in [0.1, 0.15) is 11.0 Å². The van der Waals surface area contributed by atoms with Gasteiger partial charge in [0.15, 0.2) is 0 Å². The van der Waals surface area contributed by atoms with Crippen molar-refractivity contribution in [2.45, 2.75) is 4.90 Å². The molecule has 8 heteroatoms. The molecule has 1 amide bonds. The molecule has 0 saturated carbocycles. The minimum Gasteiger partial charge on any atom is -0.364 e. The zero-order valence-corrected chi connectivity index (χ0v) is 9.22. The first kappa shape index (κ1) is 12.7.